The molecule has 1 aliphatic rings. The Morgan fingerprint density at radius 1 is 1.24 bits per heavy atom. The molecule has 0 aliphatic carbocycles. The number of nitrogens with one attached hydrogen (secondary N) is 1. The zero-order valence-electron chi connectivity index (χ0n) is 11.8. The number of aromatic nitrogens is 4. The molecule has 2 aromatic heterocycles. The zero-order chi connectivity index (χ0) is 15.1. The SMILES string of the molecule is CC(=O)N1CCN(c2c(C)nc3nc(Br)[nH]n3c2=O)CC1. The van der Waals surface area contributed by atoms with Crippen molar-refractivity contribution in [1.29, 1.82) is 0 Å². The average Bonchev–Trinajstić information content (AvgIpc) is 2.80. The number of piperazine rings is 1. The van der Waals surface area contributed by atoms with Crippen molar-refractivity contribution in [2.45, 2.75) is 13.8 Å². The highest BCUT2D eigenvalue weighted by Gasteiger charge is 2.24. The molecule has 0 atom stereocenters. The predicted octanol–water partition coefficient (Wildman–Crippen LogP) is 0.157. The van der Waals surface area contributed by atoms with E-state index in [9.17, 15) is 9.59 Å². The van der Waals surface area contributed by atoms with Gasteiger partial charge in [-0.15, -0.1) is 0 Å². The van der Waals surface area contributed by atoms with Gasteiger partial charge in [-0.25, -0.2) is 4.98 Å². The maximum atomic E-state index is 12.6. The van der Waals surface area contributed by atoms with Crippen LogP contribution in [0.15, 0.2) is 9.53 Å². The Morgan fingerprint density at radius 2 is 1.90 bits per heavy atom. The summed E-state index contributed by atoms with van der Waals surface area (Å²) in [5.41, 5.74) is 1.04. The van der Waals surface area contributed by atoms with E-state index < -0.39 is 0 Å². The summed E-state index contributed by atoms with van der Waals surface area (Å²) in [6.45, 7) is 5.84. The van der Waals surface area contributed by atoms with Gasteiger partial charge in [0, 0.05) is 33.1 Å². The van der Waals surface area contributed by atoms with E-state index in [1.54, 1.807) is 18.7 Å². The summed E-state index contributed by atoms with van der Waals surface area (Å²) in [6, 6.07) is 0. The second-order valence-electron chi connectivity index (χ2n) is 4.99. The first-order valence-corrected chi connectivity index (χ1v) is 7.42. The van der Waals surface area contributed by atoms with Crippen LogP contribution in [0.2, 0.25) is 0 Å². The molecule has 1 amide bonds. The Morgan fingerprint density at radius 3 is 2.52 bits per heavy atom. The van der Waals surface area contributed by atoms with Gasteiger partial charge in [0.15, 0.2) is 4.73 Å². The fraction of sp³-hybridized carbons (Fsp3) is 0.500. The lowest BCUT2D eigenvalue weighted by Gasteiger charge is -2.35. The topological polar surface area (TPSA) is 86.6 Å². The van der Waals surface area contributed by atoms with Crippen LogP contribution in [0.1, 0.15) is 12.6 Å². The van der Waals surface area contributed by atoms with Gasteiger partial charge in [-0.1, -0.05) is 0 Å². The first-order chi connectivity index (χ1) is 9.97. The maximum absolute atomic E-state index is 12.6. The van der Waals surface area contributed by atoms with Crippen LogP contribution in [0.3, 0.4) is 0 Å². The fourth-order valence-electron chi connectivity index (χ4n) is 2.59. The van der Waals surface area contributed by atoms with Gasteiger partial charge in [-0.3, -0.25) is 14.7 Å². The fourth-order valence-corrected chi connectivity index (χ4v) is 2.93. The van der Waals surface area contributed by atoms with Crippen LogP contribution in [-0.2, 0) is 4.79 Å². The summed E-state index contributed by atoms with van der Waals surface area (Å²) < 4.78 is 1.79. The van der Waals surface area contributed by atoms with E-state index in [0.29, 0.717) is 48.1 Å². The van der Waals surface area contributed by atoms with Gasteiger partial charge < -0.3 is 9.80 Å². The lowest BCUT2D eigenvalue weighted by Crippen LogP contribution is -2.49. The summed E-state index contributed by atoms with van der Waals surface area (Å²) in [5, 5.41) is 2.82. The van der Waals surface area contributed by atoms with Crippen molar-refractivity contribution in [3.63, 3.8) is 0 Å². The van der Waals surface area contributed by atoms with Gasteiger partial charge in [-0.2, -0.15) is 9.50 Å². The molecule has 0 spiro atoms. The van der Waals surface area contributed by atoms with E-state index in [2.05, 4.69) is 31.0 Å². The number of rotatable bonds is 1. The quantitative estimate of drug-likeness (QED) is 0.788. The molecule has 0 bridgehead atoms. The number of nitrogens with zero attached hydrogens (tertiary/aromatic N) is 5. The average molecular weight is 355 g/mol. The van der Waals surface area contributed by atoms with Crippen LogP contribution in [0.4, 0.5) is 5.69 Å². The van der Waals surface area contributed by atoms with Crippen LogP contribution in [0.5, 0.6) is 0 Å². The van der Waals surface area contributed by atoms with Gasteiger partial charge in [-0.05, 0) is 22.9 Å². The Labute approximate surface area is 128 Å². The van der Waals surface area contributed by atoms with Crippen molar-refractivity contribution >= 4 is 33.3 Å². The third-order valence-corrected chi connectivity index (χ3v) is 4.01. The standard InChI is InChI=1S/C12H15BrN6O2/c1-7-9(18-5-3-17(4-6-18)8(2)20)10(21)19-12(14-7)15-11(13)16-19/h3-6H2,1-2H3,(H,14,15,16). The minimum absolute atomic E-state index is 0.0640. The molecule has 1 fully saturated rings. The number of H-pyrrole nitrogens is 1. The Balaban J connectivity index is 1.98. The molecule has 8 nitrogen and oxygen atoms in total. The third kappa shape index (κ3) is 2.41. The maximum Gasteiger partial charge on any atom is 0.297 e. The summed E-state index contributed by atoms with van der Waals surface area (Å²) in [7, 11) is 0. The van der Waals surface area contributed by atoms with Gasteiger partial charge in [0.25, 0.3) is 11.3 Å². The van der Waals surface area contributed by atoms with Gasteiger partial charge in [0.05, 0.1) is 5.69 Å². The van der Waals surface area contributed by atoms with E-state index in [0.717, 1.165) is 0 Å². The van der Waals surface area contributed by atoms with Crippen LogP contribution >= 0.6 is 15.9 Å². The molecule has 0 aromatic carbocycles. The lowest BCUT2D eigenvalue weighted by atomic mass is 10.2. The third-order valence-electron chi connectivity index (χ3n) is 3.66. The molecule has 3 rings (SSSR count). The number of fused-ring (bicyclic) bond motifs is 1. The molecular formula is C12H15BrN6O2. The molecular weight excluding hydrogens is 340 g/mol. The highest BCUT2D eigenvalue weighted by atomic mass is 79.9. The molecule has 3 heterocycles. The molecule has 1 N–H and O–H groups in total. The molecule has 0 saturated carbocycles. The zero-order valence-corrected chi connectivity index (χ0v) is 13.3. The van der Waals surface area contributed by atoms with E-state index >= 15 is 0 Å². The number of aryl methyl sites for hydroxylation is 1. The van der Waals surface area contributed by atoms with Gasteiger partial charge in [0.2, 0.25) is 5.91 Å². The van der Waals surface area contributed by atoms with Crippen molar-refractivity contribution in [2.24, 2.45) is 0 Å². The molecule has 21 heavy (non-hydrogen) atoms. The summed E-state index contributed by atoms with van der Waals surface area (Å²) in [6.07, 6.45) is 0. The van der Waals surface area contributed by atoms with Crippen LogP contribution in [0.25, 0.3) is 5.78 Å². The summed E-state index contributed by atoms with van der Waals surface area (Å²) >= 11 is 3.20. The number of amides is 1. The van der Waals surface area contributed by atoms with E-state index in [4.69, 9.17) is 0 Å². The number of carbonyl (C=O) groups is 1. The van der Waals surface area contributed by atoms with Crippen LogP contribution in [0, 0.1) is 6.92 Å². The number of anilines is 1. The highest BCUT2D eigenvalue weighted by molar-refractivity contribution is 9.10. The number of hydrogen-bond acceptors (Lipinski definition) is 5. The highest BCUT2D eigenvalue weighted by Crippen LogP contribution is 2.16. The Hall–Kier alpha value is -1.90. The van der Waals surface area contributed by atoms with E-state index in [1.165, 1.54) is 4.52 Å². The molecule has 9 heteroatoms. The molecule has 1 saturated heterocycles. The summed E-state index contributed by atoms with van der Waals surface area (Å²) in [4.78, 5) is 36.2. The van der Waals surface area contributed by atoms with Crippen molar-refractivity contribution in [3.8, 4) is 0 Å². The van der Waals surface area contributed by atoms with Crippen molar-refractivity contribution in [1.82, 2.24) is 24.5 Å². The van der Waals surface area contributed by atoms with Crippen molar-refractivity contribution in [2.75, 3.05) is 31.1 Å². The van der Waals surface area contributed by atoms with Crippen LogP contribution < -0.4 is 10.5 Å². The second kappa shape index (κ2) is 5.14. The number of aromatic amines is 1. The largest absolute Gasteiger partial charge is 0.362 e. The molecule has 2 aromatic rings. The molecule has 1 aliphatic heterocycles. The van der Waals surface area contributed by atoms with Crippen molar-refractivity contribution < 1.29 is 4.79 Å². The number of hydrogen-bond donors (Lipinski definition) is 1. The molecule has 0 unspecified atom stereocenters. The summed E-state index contributed by atoms with van der Waals surface area (Å²) in [5.74, 6) is 0.407. The number of halogens is 1. The lowest BCUT2D eigenvalue weighted by molar-refractivity contribution is -0.129. The second-order valence-corrected chi connectivity index (χ2v) is 5.75. The minimum atomic E-state index is -0.174. The normalized spacial score (nSPS) is 15.8. The monoisotopic (exact) mass is 354 g/mol. The van der Waals surface area contributed by atoms with Crippen LogP contribution in [-0.4, -0.2) is 56.6 Å². The van der Waals surface area contributed by atoms with E-state index in [1.807, 2.05) is 4.90 Å². The predicted molar refractivity (Wildman–Crippen MR) is 80.5 cm³/mol. The number of carbonyl (C=O) groups excluding carboxylic acids is 1. The Kier molecular flexibility index (Phi) is 3.44. The van der Waals surface area contributed by atoms with E-state index in [-0.39, 0.29) is 11.5 Å². The van der Waals surface area contributed by atoms with Crippen molar-refractivity contribution in [3.05, 3.63) is 20.8 Å². The smallest absolute Gasteiger partial charge is 0.297 e. The van der Waals surface area contributed by atoms with Gasteiger partial charge in [0.1, 0.15) is 5.69 Å². The molecule has 112 valence electrons. The van der Waals surface area contributed by atoms with Gasteiger partial charge >= 0.3 is 0 Å². The molecule has 0 radical (unpaired) electrons. The Bertz CT molecular complexity index is 759. The minimum Gasteiger partial charge on any atom is -0.362 e. The first kappa shape index (κ1) is 14.1. The first-order valence-electron chi connectivity index (χ1n) is 6.62.